The molecule has 0 spiro atoms. The fraction of sp³-hybridized carbons (Fsp3) is 0. The van der Waals surface area contributed by atoms with E-state index in [0.717, 1.165) is 0 Å². The van der Waals surface area contributed by atoms with Crippen LogP contribution in [0.2, 0.25) is 0 Å². The van der Waals surface area contributed by atoms with Crippen LogP contribution in [0, 0.1) is 5.82 Å². The summed E-state index contributed by atoms with van der Waals surface area (Å²) in [5.41, 5.74) is 0.914. The van der Waals surface area contributed by atoms with E-state index in [4.69, 9.17) is 0 Å². The van der Waals surface area contributed by atoms with Gasteiger partial charge in [-0.1, -0.05) is 12.1 Å². The van der Waals surface area contributed by atoms with Crippen LogP contribution in [-0.2, 0) is 0 Å². The van der Waals surface area contributed by atoms with Gasteiger partial charge in [-0.05, 0) is 24.3 Å². The highest BCUT2D eigenvalue weighted by Crippen LogP contribution is 2.21. The zero-order chi connectivity index (χ0) is 14.2. The van der Waals surface area contributed by atoms with Gasteiger partial charge in [0.1, 0.15) is 12.1 Å². The Hall–Kier alpha value is -3.09. The highest BCUT2D eigenvalue weighted by atomic mass is 19.1. The van der Waals surface area contributed by atoms with Crippen LogP contribution >= 0.6 is 0 Å². The van der Waals surface area contributed by atoms with E-state index in [1.807, 2.05) is 0 Å². The maximum Gasteiger partial charge on any atom is 0.188 e. The van der Waals surface area contributed by atoms with Crippen LogP contribution in [0.1, 0.15) is 0 Å². The molecule has 3 aromatic heterocycles. The Balaban J connectivity index is 1.95. The molecule has 21 heavy (non-hydrogen) atoms. The molecule has 0 atom stereocenters. The van der Waals surface area contributed by atoms with E-state index in [9.17, 15) is 4.39 Å². The SMILES string of the molecule is Fc1ccccc1-c1nnc2ccc(-n3ccnc3)nn12. The smallest absolute Gasteiger partial charge is 0.188 e. The summed E-state index contributed by atoms with van der Waals surface area (Å²) in [6, 6.07) is 10.00. The Morgan fingerprint density at radius 3 is 2.71 bits per heavy atom. The lowest BCUT2D eigenvalue weighted by atomic mass is 10.2. The van der Waals surface area contributed by atoms with Gasteiger partial charge in [-0.3, -0.25) is 4.57 Å². The number of benzene rings is 1. The highest BCUT2D eigenvalue weighted by molar-refractivity contribution is 5.59. The van der Waals surface area contributed by atoms with Gasteiger partial charge in [-0.2, -0.15) is 4.52 Å². The first-order chi connectivity index (χ1) is 10.3. The van der Waals surface area contributed by atoms with E-state index in [-0.39, 0.29) is 5.82 Å². The molecular weight excluding hydrogens is 271 g/mol. The molecule has 3 heterocycles. The Labute approximate surface area is 118 Å². The van der Waals surface area contributed by atoms with Gasteiger partial charge in [0.05, 0.1) is 5.56 Å². The molecule has 6 nitrogen and oxygen atoms in total. The van der Waals surface area contributed by atoms with Crippen molar-refractivity contribution in [2.75, 3.05) is 0 Å². The summed E-state index contributed by atoms with van der Waals surface area (Å²) in [5.74, 6) is 0.657. The van der Waals surface area contributed by atoms with Gasteiger partial charge >= 0.3 is 0 Å². The summed E-state index contributed by atoms with van der Waals surface area (Å²) in [6.07, 6.45) is 5.08. The van der Waals surface area contributed by atoms with Crippen LogP contribution in [-0.4, -0.2) is 29.4 Å². The van der Waals surface area contributed by atoms with E-state index in [2.05, 4.69) is 20.3 Å². The third-order valence-corrected chi connectivity index (χ3v) is 3.13. The molecule has 0 aliphatic heterocycles. The first-order valence-corrected chi connectivity index (χ1v) is 6.28. The van der Waals surface area contributed by atoms with Crippen molar-refractivity contribution in [3.05, 3.63) is 60.9 Å². The topological polar surface area (TPSA) is 60.9 Å². The maximum absolute atomic E-state index is 13.9. The fourth-order valence-electron chi connectivity index (χ4n) is 2.12. The molecule has 0 fully saturated rings. The number of rotatable bonds is 2. The quantitative estimate of drug-likeness (QED) is 0.564. The first kappa shape index (κ1) is 11.7. The lowest BCUT2D eigenvalue weighted by Crippen LogP contribution is -2.02. The van der Waals surface area contributed by atoms with Gasteiger partial charge in [-0.25, -0.2) is 9.37 Å². The molecule has 0 radical (unpaired) electrons. The first-order valence-electron chi connectivity index (χ1n) is 6.28. The van der Waals surface area contributed by atoms with E-state index in [1.54, 1.807) is 53.6 Å². The molecule has 4 aromatic rings. The van der Waals surface area contributed by atoms with Crippen molar-refractivity contribution in [2.45, 2.75) is 0 Å². The number of hydrogen-bond donors (Lipinski definition) is 0. The fourth-order valence-corrected chi connectivity index (χ4v) is 2.12. The molecule has 0 amide bonds. The summed E-state index contributed by atoms with van der Waals surface area (Å²) in [5, 5.41) is 12.5. The Kier molecular flexibility index (Phi) is 2.50. The molecular formula is C14H9FN6. The maximum atomic E-state index is 13.9. The molecule has 0 N–H and O–H groups in total. The summed E-state index contributed by atoms with van der Waals surface area (Å²) in [7, 11) is 0. The minimum Gasteiger partial charge on any atom is -0.289 e. The largest absolute Gasteiger partial charge is 0.289 e. The Morgan fingerprint density at radius 1 is 1.00 bits per heavy atom. The zero-order valence-corrected chi connectivity index (χ0v) is 10.8. The molecule has 102 valence electrons. The third kappa shape index (κ3) is 1.86. The van der Waals surface area contributed by atoms with E-state index < -0.39 is 0 Å². The normalized spacial score (nSPS) is 11.1. The van der Waals surface area contributed by atoms with E-state index >= 15 is 0 Å². The van der Waals surface area contributed by atoms with E-state index in [1.165, 1.54) is 10.6 Å². The summed E-state index contributed by atoms with van der Waals surface area (Å²) in [6.45, 7) is 0. The number of halogens is 1. The van der Waals surface area contributed by atoms with Crippen molar-refractivity contribution in [2.24, 2.45) is 0 Å². The van der Waals surface area contributed by atoms with Crippen molar-refractivity contribution >= 4 is 5.65 Å². The number of nitrogens with zero attached hydrogens (tertiary/aromatic N) is 6. The second-order valence-electron chi connectivity index (χ2n) is 4.43. The second-order valence-corrected chi connectivity index (χ2v) is 4.43. The van der Waals surface area contributed by atoms with Gasteiger partial charge in [0, 0.05) is 12.4 Å². The Morgan fingerprint density at radius 2 is 1.90 bits per heavy atom. The lowest BCUT2D eigenvalue weighted by molar-refractivity contribution is 0.629. The number of hydrogen-bond acceptors (Lipinski definition) is 4. The standard InChI is InChI=1S/C14H9FN6/c15-11-4-2-1-3-10(11)14-18-17-12-5-6-13(19-21(12)14)20-8-7-16-9-20/h1-9H. The molecule has 0 aliphatic carbocycles. The van der Waals surface area contributed by atoms with Gasteiger partial charge in [-0.15, -0.1) is 15.3 Å². The molecule has 0 saturated heterocycles. The molecule has 0 aliphatic rings. The van der Waals surface area contributed by atoms with Gasteiger partial charge < -0.3 is 0 Å². The summed E-state index contributed by atoms with van der Waals surface area (Å²) in [4.78, 5) is 3.98. The molecule has 0 bridgehead atoms. The monoisotopic (exact) mass is 280 g/mol. The number of fused-ring (bicyclic) bond motifs is 1. The average molecular weight is 280 g/mol. The van der Waals surface area contributed by atoms with E-state index in [0.29, 0.717) is 22.9 Å². The molecule has 0 saturated carbocycles. The molecule has 4 rings (SSSR count). The van der Waals surface area contributed by atoms with Crippen molar-refractivity contribution in [3.8, 4) is 17.2 Å². The predicted molar refractivity (Wildman–Crippen MR) is 73.3 cm³/mol. The molecule has 7 heteroatoms. The average Bonchev–Trinajstić information content (AvgIpc) is 3.17. The van der Waals surface area contributed by atoms with Crippen molar-refractivity contribution in [1.29, 1.82) is 0 Å². The predicted octanol–water partition coefficient (Wildman–Crippen LogP) is 2.12. The van der Waals surface area contributed by atoms with Crippen LogP contribution in [0.5, 0.6) is 0 Å². The van der Waals surface area contributed by atoms with Gasteiger partial charge in [0.2, 0.25) is 0 Å². The lowest BCUT2D eigenvalue weighted by Gasteiger charge is -2.03. The van der Waals surface area contributed by atoms with Crippen LogP contribution < -0.4 is 0 Å². The van der Waals surface area contributed by atoms with Crippen LogP contribution in [0.3, 0.4) is 0 Å². The summed E-state index contributed by atoms with van der Waals surface area (Å²) >= 11 is 0. The van der Waals surface area contributed by atoms with Crippen molar-refractivity contribution in [3.63, 3.8) is 0 Å². The van der Waals surface area contributed by atoms with Gasteiger partial charge in [0.25, 0.3) is 0 Å². The third-order valence-electron chi connectivity index (χ3n) is 3.13. The zero-order valence-electron chi connectivity index (χ0n) is 10.8. The van der Waals surface area contributed by atoms with Crippen LogP contribution in [0.25, 0.3) is 22.9 Å². The molecule has 1 aromatic carbocycles. The van der Waals surface area contributed by atoms with Crippen LogP contribution in [0.4, 0.5) is 4.39 Å². The second kappa shape index (κ2) is 4.48. The summed E-state index contributed by atoms with van der Waals surface area (Å²) < 4.78 is 17.2. The molecule has 0 unspecified atom stereocenters. The highest BCUT2D eigenvalue weighted by Gasteiger charge is 2.13. The number of aromatic nitrogens is 6. The van der Waals surface area contributed by atoms with Gasteiger partial charge in [0.15, 0.2) is 17.3 Å². The van der Waals surface area contributed by atoms with Crippen molar-refractivity contribution < 1.29 is 4.39 Å². The minimum atomic E-state index is -0.360. The van der Waals surface area contributed by atoms with Crippen LogP contribution in [0.15, 0.2) is 55.1 Å². The Bertz CT molecular complexity index is 912. The minimum absolute atomic E-state index is 0.360. The number of imidazole rings is 1. The van der Waals surface area contributed by atoms with Crippen molar-refractivity contribution in [1.82, 2.24) is 29.4 Å².